The molecular weight excluding hydrogens is 191 g/mol. The van der Waals surface area contributed by atoms with Crippen molar-refractivity contribution < 1.29 is 14.5 Å². The van der Waals surface area contributed by atoms with E-state index >= 15 is 0 Å². The molecule has 1 atom stereocenters. The average molecular weight is 199 g/mol. The highest BCUT2D eigenvalue weighted by Crippen LogP contribution is 2.28. The lowest BCUT2D eigenvalue weighted by Crippen LogP contribution is -2.08. The molecule has 0 aromatic heterocycles. The molecule has 10 heavy (non-hydrogen) atoms. The quantitative estimate of drug-likeness (QED) is 0.449. The normalized spacial score (nSPS) is 11.5. The van der Waals surface area contributed by atoms with Crippen LogP contribution in [0.4, 0.5) is 0 Å². The SMILES string of the molecule is CC(=O)S(C(C)=O)=[P+](O)S. The van der Waals surface area contributed by atoms with Crippen molar-refractivity contribution in [2.24, 2.45) is 0 Å². The molecule has 0 fully saturated rings. The van der Waals surface area contributed by atoms with Crippen LogP contribution < -0.4 is 0 Å². The molecule has 0 aromatic rings. The minimum Gasteiger partial charge on any atom is -0.284 e. The third-order valence-electron chi connectivity index (χ3n) is 0.708. The average Bonchev–Trinajstić information content (AvgIpc) is 1.59. The summed E-state index contributed by atoms with van der Waals surface area (Å²) in [7, 11) is -1.17. The molecule has 0 amide bonds. The van der Waals surface area contributed by atoms with Gasteiger partial charge in [0.05, 0.1) is 0 Å². The number of thiol groups is 1. The molecule has 0 bridgehead atoms. The van der Waals surface area contributed by atoms with Gasteiger partial charge < -0.3 is 0 Å². The Bertz CT molecular complexity index is 191. The summed E-state index contributed by atoms with van der Waals surface area (Å²) >= 11 is 3.66. The van der Waals surface area contributed by atoms with Crippen molar-refractivity contribution in [2.75, 3.05) is 0 Å². The van der Waals surface area contributed by atoms with Crippen molar-refractivity contribution in [2.45, 2.75) is 13.8 Å². The van der Waals surface area contributed by atoms with Gasteiger partial charge in [0.25, 0.3) is 0 Å². The Hall–Kier alpha value is 0.300. The van der Waals surface area contributed by atoms with E-state index < -0.39 is 16.2 Å². The summed E-state index contributed by atoms with van der Waals surface area (Å²) in [4.78, 5) is 30.1. The van der Waals surface area contributed by atoms with Crippen molar-refractivity contribution in [1.82, 2.24) is 0 Å². The highest BCUT2D eigenvalue weighted by Gasteiger charge is 2.21. The number of carbonyl (C=O) groups is 2. The van der Waals surface area contributed by atoms with Crippen molar-refractivity contribution in [3.05, 3.63) is 0 Å². The molecule has 0 spiro atoms. The largest absolute Gasteiger partial charge is 0.368 e. The highest BCUT2D eigenvalue weighted by molar-refractivity contribution is 8.67. The van der Waals surface area contributed by atoms with E-state index in [2.05, 4.69) is 12.2 Å². The van der Waals surface area contributed by atoms with Gasteiger partial charge in [0, 0.05) is 13.8 Å². The van der Waals surface area contributed by atoms with Gasteiger partial charge in [-0.3, -0.25) is 9.59 Å². The van der Waals surface area contributed by atoms with Crippen LogP contribution in [0.15, 0.2) is 0 Å². The molecule has 58 valence electrons. The van der Waals surface area contributed by atoms with Crippen molar-refractivity contribution >= 4 is 38.7 Å². The Kier molecular flexibility index (Phi) is 4.36. The van der Waals surface area contributed by atoms with Gasteiger partial charge in [-0.15, -0.1) is 0 Å². The minimum absolute atomic E-state index is 0.295. The zero-order chi connectivity index (χ0) is 8.31. The van der Waals surface area contributed by atoms with Gasteiger partial charge in [-0.05, 0) is 0 Å². The van der Waals surface area contributed by atoms with E-state index in [-0.39, 0.29) is 10.2 Å². The molecule has 0 heterocycles. The summed E-state index contributed by atoms with van der Waals surface area (Å²) in [5.41, 5.74) is 0. The third-order valence-corrected chi connectivity index (χ3v) is 6.12. The summed E-state index contributed by atoms with van der Waals surface area (Å²) in [6.07, 6.45) is -1.72. The second-order valence-electron chi connectivity index (χ2n) is 1.52. The Labute approximate surface area is 67.4 Å². The first-order valence-corrected chi connectivity index (χ1v) is 6.68. The fourth-order valence-corrected chi connectivity index (χ4v) is 4.75. The Morgan fingerprint density at radius 2 is 1.70 bits per heavy atom. The van der Waals surface area contributed by atoms with Crippen LogP contribution in [0.1, 0.15) is 13.8 Å². The zero-order valence-corrected chi connectivity index (χ0v) is 8.17. The molecule has 0 rings (SSSR count). The Balaban J connectivity index is 4.79. The maximum Gasteiger partial charge on any atom is 0.368 e. The molecule has 1 N–H and O–H groups in total. The molecule has 0 saturated carbocycles. The van der Waals surface area contributed by atoms with Gasteiger partial charge >= 0.3 is 6.13 Å². The first-order valence-electron chi connectivity index (χ1n) is 2.40. The maximum atomic E-state index is 10.6. The van der Waals surface area contributed by atoms with Crippen LogP contribution in [0.25, 0.3) is 0 Å². The van der Waals surface area contributed by atoms with E-state index in [0.29, 0.717) is 0 Å². The Morgan fingerprint density at radius 1 is 1.40 bits per heavy atom. The van der Waals surface area contributed by atoms with E-state index in [9.17, 15) is 9.59 Å². The summed E-state index contributed by atoms with van der Waals surface area (Å²) in [6, 6.07) is 0. The smallest absolute Gasteiger partial charge is 0.284 e. The number of hydrogen-bond donors (Lipinski definition) is 2. The van der Waals surface area contributed by atoms with Crippen LogP contribution in [0, 0.1) is 0 Å². The molecule has 3 nitrogen and oxygen atoms in total. The van der Waals surface area contributed by atoms with Crippen molar-refractivity contribution in [1.29, 1.82) is 0 Å². The lowest BCUT2D eigenvalue weighted by molar-refractivity contribution is -0.111. The Morgan fingerprint density at radius 3 is 1.70 bits per heavy atom. The van der Waals surface area contributed by atoms with Crippen LogP contribution in [0.3, 0.4) is 0 Å². The van der Waals surface area contributed by atoms with Crippen LogP contribution in [-0.4, -0.2) is 15.1 Å². The second-order valence-corrected chi connectivity index (χ2v) is 7.83. The molecule has 0 aliphatic heterocycles. The molecule has 6 heteroatoms. The predicted molar refractivity (Wildman–Crippen MR) is 46.9 cm³/mol. The van der Waals surface area contributed by atoms with E-state index in [1.54, 1.807) is 0 Å². The molecule has 0 aliphatic rings. The maximum absolute atomic E-state index is 10.6. The first-order chi connectivity index (χ1) is 4.46. The standard InChI is InChI=1S/C4H8O3PS2/c1-3(5)10(4(2)6)8(7)9/h7,9H,1-2H3/q+1. The van der Waals surface area contributed by atoms with Gasteiger partial charge in [-0.25, -0.2) is 0 Å². The van der Waals surface area contributed by atoms with Crippen molar-refractivity contribution in [3.8, 4) is 0 Å². The van der Waals surface area contributed by atoms with Crippen LogP contribution in [-0.2, 0) is 19.7 Å². The highest BCUT2D eigenvalue weighted by atomic mass is 32.9. The topological polar surface area (TPSA) is 54.4 Å². The fraction of sp³-hybridized carbons (Fsp3) is 0.500. The van der Waals surface area contributed by atoms with Gasteiger partial charge in [0.1, 0.15) is 12.2 Å². The minimum atomic E-state index is -1.72. The van der Waals surface area contributed by atoms with E-state index in [1.165, 1.54) is 13.8 Å². The third kappa shape index (κ3) is 2.92. The van der Waals surface area contributed by atoms with E-state index in [0.717, 1.165) is 0 Å². The first kappa shape index (κ1) is 10.3. The van der Waals surface area contributed by atoms with Gasteiger partial charge in [-0.2, -0.15) is 4.89 Å². The summed E-state index contributed by atoms with van der Waals surface area (Å²) in [5, 5.41) is -0.591. The fourth-order valence-electron chi connectivity index (χ4n) is 0.432. The van der Waals surface area contributed by atoms with Gasteiger partial charge in [0.2, 0.25) is 10.2 Å². The second kappa shape index (κ2) is 4.23. The number of hydrogen-bond acceptors (Lipinski definition) is 2. The van der Waals surface area contributed by atoms with Crippen LogP contribution >= 0.6 is 18.4 Å². The van der Waals surface area contributed by atoms with Crippen molar-refractivity contribution in [3.63, 3.8) is 0 Å². The van der Waals surface area contributed by atoms with Crippen LogP contribution in [0.5, 0.6) is 0 Å². The molecular formula is C4H8O3PS2+. The monoisotopic (exact) mass is 199 g/mol. The number of rotatable bonds is 0. The lowest BCUT2D eigenvalue weighted by atomic mass is 10.9. The predicted octanol–water partition coefficient (Wildman–Crippen LogP) is 0.847. The summed E-state index contributed by atoms with van der Waals surface area (Å²) < 4.78 is 0. The molecule has 0 radical (unpaired) electrons. The molecule has 1 unspecified atom stereocenters. The lowest BCUT2D eigenvalue weighted by Gasteiger charge is -1.87. The molecule has 0 aliphatic carbocycles. The summed E-state index contributed by atoms with van der Waals surface area (Å²) in [6.45, 7) is 2.57. The zero-order valence-electron chi connectivity index (χ0n) is 5.57. The molecule has 0 saturated heterocycles. The number of carbonyl (C=O) groups excluding carboxylic acids is 2. The molecule has 0 aromatic carbocycles. The van der Waals surface area contributed by atoms with Gasteiger partial charge in [0.15, 0.2) is 10.1 Å². The summed E-state index contributed by atoms with van der Waals surface area (Å²) in [5.74, 6) is 0. The van der Waals surface area contributed by atoms with Gasteiger partial charge in [-0.1, -0.05) is 0 Å². The van der Waals surface area contributed by atoms with E-state index in [4.69, 9.17) is 4.89 Å². The van der Waals surface area contributed by atoms with Crippen LogP contribution in [0.2, 0.25) is 0 Å². The van der Waals surface area contributed by atoms with E-state index in [1.807, 2.05) is 0 Å².